The number of nitrogens with two attached hydrogens (primary N) is 1. The predicted molar refractivity (Wildman–Crippen MR) is 95.5 cm³/mol. The van der Waals surface area contributed by atoms with Gasteiger partial charge in [0.15, 0.2) is 5.13 Å². The van der Waals surface area contributed by atoms with Gasteiger partial charge in [-0.2, -0.15) is 0 Å². The molecule has 1 amide bonds. The molecule has 0 bridgehead atoms. The van der Waals surface area contributed by atoms with Gasteiger partial charge in [-0.05, 0) is 31.5 Å². The van der Waals surface area contributed by atoms with E-state index < -0.39 is 15.6 Å². The molecule has 0 spiro atoms. The first kappa shape index (κ1) is 18.4. The number of anilines is 2. The Kier molecular flexibility index (Phi) is 5.58. The molecule has 0 aliphatic rings. The zero-order valence-corrected chi connectivity index (χ0v) is 15.1. The number of sulfonamides is 1. The van der Waals surface area contributed by atoms with E-state index in [0.29, 0.717) is 12.1 Å². The van der Waals surface area contributed by atoms with Gasteiger partial charge in [0.05, 0.1) is 10.4 Å². The number of benzene rings is 1. The van der Waals surface area contributed by atoms with Gasteiger partial charge in [-0.3, -0.25) is 9.52 Å². The number of amides is 1. The summed E-state index contributed by atoms with van der Waals surface area (Å²) >= 11 is 1.18. The van der Waals surface area contributed by atoms with Crippen LogP contribution in [0.15, 0.2) is 40.7 Å². The van der Waals surface area contributed by atoms with Gasteiger partial charge in [-0.25, -0.2) is 13.4 Å². The van der Waals surface area contributed by atoms with E-state index in [4.69, 9.17) is 5.73 Å². The van der Waals surface area contributed by atoms with Crippen molar-refractivity contribution < 1.29 is 13.2 Å². The average molecular weight is 368 g/mol. The minimum atomic E-state index is -3.77. The van der Waals surface area contributed by atoms with Crippen molar-refractivity contribution in [1.82, 2.24) is 4.98 Å². The molecular formula is C15H20N4O3S2. The smallest absolute Gasteiger partial charge is 0.263 e. The number of carbonyl (C=O) groups is 1. The second-order valence-electron chi connectivity index (χ2n) is 5.59. The number of rotatable bonds is 7. The van der Waals surface area contributed by atoms with Gasteiger partial charge in [0.25, 0.3) is 10.0 Å². The summed E-state index contributed by atoms with van der Waals surface area (Å²) in [6.45, 7) is 3.59. The van der Waals surface area contributed by atoms with Crippen LogP contribution in [0.2, 0.25) is 0 Å². The summed E-state index contributed by atoms with van der Waals surface area (Å²) in [7, 11) is -3.77. The maximum absolute atomic E-state index is 12.4. The molecule has 0 radical (unpaired) electrons. The van der Waals surface area contributed by atoms with Gasteiger partial charge < -0.3 is 11.1 Å². The van der Waals surface area contributed by atoms with Gasteiger partial charge in [0, 0.05) is 17.3 Å². The first-order chi connectivity index (χ1) is 11.2. The Morgan fingerprint density at radius 1 is 1.42 bits per heavy atom. The molecule has 0 aliphatic heterocycles. The summed E-state index contributed by atoms with van der Waals surface area (Å²) in [6, 6.07) is 6.00. The van der Waals surface area contributed by atoms with Crippen LogP contribution in [-0.4, -0.2) is 24.8 Å². The number of nitrogens with one attached hydrogen (secondary N) is 2. The second-order valence-corrected chi connectivity index (χ2v) is 8.17. The van der Waals surface area contributed by atoms with Crippen LogP contribution < -0.4 is 15.8 Å². The number of thiazole rings is 1. The SMILES string of the molecule is CCCC(C)(N)C(=O)Nc1cccc(S(=O)(=O)Nc2nccs2)c1. The van der Waals surface area contributed by atoms with Crippen molar-refractivity contribution in [3.63, 3.8) is 0 Å². The Balaban J connectivity index is 2.18. The lowest BCUT2D eigenvalue weighted by atomic mass is 9.96. The summed E-state index contributed by atoms with van der Waals surface area (Å²) in [4.78, 5) is 16.2. The molecule has 1 unspecified atom stereocenters. The molecule has 9 heteroatoms. The molecule has 2 rings (SSSR count). The van der Waals surface area contributed by atoms with Gasteiger partial charge in [-0.15, -0.1) is 11.3 Å². The number of hydrogen-bond acceptors (Lipinski definition) is 6. The van der Waals surface area contributed by atoms with Crippen LogP contribution in [0.5, 0.6) is 0 Å². The fourth-order valence-corrected chi connectivity index (χ4v) is 3.93. The van der Waals surface area contributed by atoms with E-state index in [-0.39, 0.29) is 15.9 Å². The molecule has 2 aromatic rings. The molecule has 4 N–H and O–H groups in total. The van der Waals surface area contributed by atoms with Crippen molar-refractivity contribution in [2.45, 2.75) is 37.1 Å². The number of aromatic nitrogens is 1. The van der Waals surface area contributed by atoms with E-state index in [1.807, 2.05) is 6.92 Å². The van der Waals surface area contributed by atoms with Gasteiger partial charge in [0.2, 0.25) is 5.91 Å². The lowest BCUT2D eigenvalue weighted by Gasteiger charge is -2.23. The molecule has 1 aromatic carbocycles. The molecular weight excluding hydrogens is 348 g/mol. The van der Waals surface area contributed by atoms with Crippen LogP contribution in [0.1, 0.15) is 26.7 Å². The molecule has 24 heavy (non-hydrogen) atoms. The van der Waals surface area contributed by atoms with E-state index in [9.17, 15) is 13.2 Å². The van der Waals surface area contributed by atoms with Crippen LogP contribution >= 0.6 is 11.3 Å². The number of nitrogens with zero attached hydrogens (tertiary/aromatic N) is 1. The number of hydrogen-bond donors (Lipinski definition) is 3. The molecule has 7 nitrogen and oxygen atoms in total. The van der Waals surface area contributed by atoms with Crippen LogP contribution in [0, 0.1) is 0 Å². The Morgan fingerprint density at radius 2 is 2.17 bits per heavy atom. The van der Waals surface area contributed by atoms with E-state index >= 15 is 0 Å². The van der Waals surface area contributed by atoms with Crippen LogP contribution in [0.3, 0.4) is 0 Å². The first-order valence-corrected chi connectivity index (χ1v) is 9.73. The molecule has 1 atom stereocenters. The normalized spacial score (nSPS) is 14.0. The molecule has 130 valence electrons. The second kappa shape index (κ2) is 7.29. The Morgan fingerprint density at radius 3 is 2.79 bits per heavy atom. The van der Waals surface area contributed by atoms with Crippen LogP contribution in [0.4, 0.5) is 10.8 Å². The summed E-state index contributed by atoms with van der Waals surface area (Å²) < 4.78 is 27.1. The fraction of sp³-hybridized carbons (Fsp3) is 0.333. The van der Waals surface area contributed by atoms with E-state index in [1.165, 1.54) is 29.7 Å². The first-order valence-electron chi connectivity index (χ1n) is 7.37. The van der Waals surface area contributed by atoms with Crippen molar-refractivity contribution in [3.8, 4) is 0 Å². The summed E-state index contributed by atoms with van der Waals surface area (Å²) in [5.74, 6) is -0.355. The maximum atomic E-state index is 12.4. The van der Waals surface area contributed by atoms with Crippen LogP contribution in [0.25, 0.3) is 0 Å². The highest BCUT2D eigenvalue weighted by atomic mass is 32.2. The van der Waals surface area contributed by atoms with E-state index in [1.54, 1.807) is 24.4 Å². The van der Waals surface area contributed by atoms with Crippen molar-refractivity contribution in [1.29, 1.82) is 0 Å². The summed E-state index contributed by atoms with van der Waals surface area (Å²) in [6.07, 6.45) is 2.81. The molecule has 1 aromatic heterocycles. The van der Waals surface area contributed by atoms with Gasteiger partial charge >= 0.3 is 0 Å². The highest BCUT2D eigenvalue weighted by Gasteiger charge is 2.27. The maximum Gasteiger partial charge on any atom is 0.263 e. The summed E-state index contributed by atoms with van der Waals surface area (Å²) in [5.41, 5.74) is 5.34. The van der Waals surface area contributed by atoms with Crippen molar-refractivity contribution >= 4 is 38.1 Å². The predicted octanol–water partition coefficient (Wildman–Crippen LogP) is 2.40. The van der Waals surface area contributed by atoms with Crippen LogP contribution in [-0.2, 0) is 14.8 Å². The minimum absolute atomic E-state index is 0.0321. The fourth-order valence-electron chi connectivity index (χ4n) is 2.10. The Hall–Kier alpha value is -1.97. The van der Waals surface area contributed by atoms with E-state index in [2.05, 4.69) is 15.0 Å². The van der Waals surface area contributed by atoms with Gasteiger partial charge in [0.1, 0.15) is 0 Å². The zero-order valence-electron chi connectivity index (χ0n) is 13.4. The molecule has 0 saturated heterocycles. The standard InChI is InChI=1S/C15H20N4O3S2/c1-3-7-15(2,16)13(20)18-11-5-4-6-12(10-11)24(21,22)19-14-17-8-9-23-14/h4-6,8-10H,3,7,16H2,1-2H3,(H,17,19)(H,18,20). The quantitative estimate of drug-likeness (QED) is 0.694. The van der Waals surface area contributed by atoms with E-state index in [0.717, 1.165) is 6.42 Å². The largest absolute Gasteiger partial charge is 0.324 e. The third-order valence-corrected chi connectivity index (χ3v) is 5.50. The third kappa shape index (κ3) is 4.53. The monoisotopic (exact) mass is 368 g/mol. The zero-order chi connectivity index (χ0) is 17.8. The lowest BCUT2D eigenvalue weighted by Crippen LogP contribution is -2.48. The Labute approximate surface area is 145 Å². The van der Waals surface area contributed by atoms with Gasteiger partial charge in [-0.1, -0.05) is 19.4 Å². The molecule has 0 aliphatic carbocycles. The minimum Gasteiger partial charge on any atom is -0.324 e. The third-order valence-electron chi connectivity index (χ3n) is 3.34. The summed E-state index contributed by atoms with van der Waals surface area (Å²) in [5, 5.41) is 4.62. The average Bonchev–Trinajstić information content (AvgIpc) is 2.99. The highest BCUT2D eigenvalue weighted by Crippen LogP contribution is 2.21. The van der Waals surface area contributed by atoms with Crippen molar-refractivity contribution in [2.24, 2.45) is 5.73 Å². The highest BCUT2D eigenvalue weighted by molar-refractivity contribution is 7.93. The Bertz CT molecular complexity index is 802. The van der Waals surface area contributed by atoms with Crippen molar-refractivity contribution in [2.75, 3.05) is 10.0 Å². The number of carbonyl (C=O) groups excluding carboxylic acids is 1. The topological polar surface area (TPSA) is 114 Å². The molecule has 0 fully saturated rings. The molecule has 0 saturated carbocycles. The van der Waals surface area contributed by atoms with Crippen molar-refractivity contribution in [3.05, 3.63) is 35.8 Å². The lowest BCUT2D eigenvalue weighted by molar-refractivity contribution is -0.120. The molecule has 1 heterocycles.